The molecule has 0 fully saturated rings. The van der Waals surface area contributed by atoms with Crippen molar-refractivity contribution in [2.24, 2.45) is 5.92 Å². The van der Waals surface area contributed by atoms with Crippen molar-refractivity contribution in [1.29, 1.82) is 0 Å². The van der Waals surface area contributed by atoms with Crippen LogP contribution in [0.25, 0.3) is 0 Å². The van der Waals surface area contributed by atoms with Crippen LogP contribution < -0.4 is 4.72 Å². The SMILES string of the molecule is Cc1cncc(C(=O)N2Cc3cccn3CC(CCNS(C)(=O)=O)C2)c1. The number of nitrogens with zero attached hydrogens (tertiary/aromatic N) is 3. The standard InChI is InChI=1S/C18H24N4O3S/c1-14-8-16(10-19-9-14)18(23)22-12-15(5-6-20-26(2,24)25)11-21-7-3-4-17(21)13-22/h3-4,7-10,15,20H,5-6,11-13H2,1-2H3. The van der Waals surface area contributed by atoms with E-state index in [0.717, 1.165) is 24.1 Å². The van der Waals surface area contributed by atoms with Gasteiger partial charge in [0.15, 0.2) is 0 Å². The van der Waals surface area contributed by atoms with E-state index in [2.05, 4.69) is 14.3 Å². The summed E-state index contributed by atoms with van der Waals surface area (Å²) in [6.45, 7) is 4.17. The largest absolute Gasteiger partial charge is 0.349 e. The van der Waals surface area contributed by atoms with Gasteiger partial charge in [0.05, 0.1) is 18.4 Å². The maximum atomic E-state index is 13.0. The molecule has 0 bridgehead atoms. The number of nitrogens with one attached hydrogen (secondary N) is 1. The second-order valence-corrected chi connectivity index (χ2v) is 8.74. The molecule has 1 unspecified atom stereocenters. The Hall–Kier alpha value is -2.19. The number of hydrogen-bond donors (Lipinski definition) is 1. The van der Waals surface area contributed by atoms with Gasteiger partial charge in [0, 0.05) is 43.9 Å². The lowest BCUT2D eigenvalue weighted by atomic mass is 10.0. The number of fused-ring (bicyclic) bond motifs is 1. The highest BCUT2D eigenvalue weighted by Crippen LogP contribution is 2.21. The molecule has 1 amide bonds. The molecule has 3 heterocycles. The van der Waals surface area contributed by atoms with Crippen LogP contribution in [0.4, 0.5) is 0 Å². The smallest absolute Gasteiger partial charge is 0.255 e. The fourth-order valence-corrected chi connectivity index (χ4v) is 3.81. The monoisotopic (exact) mass is 376 g/mol. The van der Waals surface area contributed by atoms with Gasteiger partial charge in [-0.1, -0.05) is 0 Å². The Morgan fingerprint density at radius 1 is 1.35 bits per heavy atom. The summed E-state index contributed by atoms with van der Waals surface area (Å²) in [6, 6.07) is 5.84. The van der Waals surface area contributed by atoms with Crippen molar-refractivity contribution in [2.75, 3.05) is 19.3 Å². The summed E-state index contributed by atoms with van der Waals surface area (Å²) in [5.41, 5.74) is 2.61. The Balaban J connectivity index is 1.78. The molecule has 2 aromatic heterocycles. The summed E-state index contributed by atoms with van der Waals surface area (Å²) < 4.78 is 27.3. The third-order valence-corrected chi connectivity index (χ3v) is 5.26. The summed E-state index contributed by atoms with van der Waals surface area (Å²) in [4.78, 5) is 18.9. The van der Waals surface area contributed by atoms with Gasteiger partial charge in [0.25, 0.3) is 5.91 Å². The number of pyridine rings is 1. The topological polar surface area (TPSA) is 84.3 Å². The molecule has 0 radical (unpaired) electrons. The molecule has 26 heavy (non-hydrogen) atoms. The van der Waals surface area contributed by atoms with Gasteiger partial charge in [0.2, 0.25) is 10.0 Å². The predicted molar refractivity (Wildman–Crippen MR) is 99.1 cm³/mol. The number of rotatable bonds is 5. The van der Waals surface area contributed by atoms with Crippen molar-refractivity contribution in [3.05, 3.63) is 53.6 Å². The van der Waals surface area contributed by atoms with Gasteiger partial charge in [-0.3, -0.25) is 9.78 Å². The van der Waals surface area contributed by atoms with Crippen LogP contribution in [0.3, 0.4) is 0 Å². The van der Waals surface area contributed by atoms with E-state index < -0.39 is 10.0 Å². The number of amides is 1. The molecule has 1 atom stereocenters. The number of carbonyl (C=O) groups is 1. The number of carbonyl (C=O) groups excluding carboxylic acids is 1. The number of hydrogen-bond acceptors (Lipinski definition) is 4. The third-order valence-electron chi connectivity index (χ3n) is 4.54. The summed E-state index contributed by atoms with van der Waals surface area (Å²) in [5.74, 6) is 0.122. The molecule has 0 saturated heterocycles. The van der Waals surface area contributed by atoms with Crippen molar-refractivity contribution < 1.29 is 13.2 Å². The Kier molecular flexibility index (Phi) is 5.43. The average Bonchev–Trinajstić information content (AvgIpc) is 2.91. The van der Waals surface area contributed by atoms with Crippen molar-refractivity contribution >= 4 is 15.9 Å². The fourth-order valence-electron chi connectivity index (χ4n) is 3.32. The van der Waals surface area contributed by atoms with Crippen LogP contribution >= 0.6 is 0 Å². The Bertz CT molecular complexity index is 891. The molecular formula is C18H24N4O3S. The fraction of sp³-hybridized carbons (Fsp3) is 0.444. The Morgan fingerprint density at radius 2 is 2.15 bits per heavy atom. The van der Waals surface area contributed by atoms with Crippen molar-refractivity contribution in [1.82, 2.24) is 19.2 Å². The van der Waals surface area contributed by atoms with E-state index in [1.807, 2.05) is 36.2 Å². The summed E-state index contributed by atoms with van der Waals surface area (Å²) in [6.07, 6.45) is 7.16. The van der Waals surface area contributed by atoms with Gasteiger partial charge in [-0.15, -0.1) is 0 Å². The maximum absolute atomic E-state index is 13.0. The first-order valence-corrected chi connectivity index (χ1v) is 10.5. The lowest BCUT2D eigenvalue weighted by molar-refractivity contribution is 0.0718. The van der Waals surface area contributed by atoms with Crippen LogP contribution in [0.1, 0.15) is 28.0 Å². The van der Waals surface area contributed by atoms with Crippen LogP contribution in [-0.4, -0.2) is 48.1 Å². The van der Waals surface area contributed by atoms with E-state index in [4.69, 9.17) is 0 Å². The molecule has 140 valence electrons. The van der Waals surface area contributed by atoms with E-state index in [9.17, 15) is 13.2 Å². The average molecular weight is 376 g/mol. The van der Waals surface area contributed by atoms with Crippen molar-refractivity contribution in [3.8, 4) is 0 Å². The normalized spacial score (nSPS) is 17.6. The first-order valence-electron chi connectivity index (χ1n) is 8.61. The molecular weight excluding hydrogens is 352 g/mol. The van der Waals surface area contributed by atoms with Crippen LogP contribution in [-0.2, 0) is 23.1 Å². The van der Waals surface area contributed by atoms with Gasteiger partial charge < -0.3 is 9.47 Å². The van der Waals surface area contributed by atoms with Crippen LogP contribution in [0.2, 0.25) is 0 Å². The third kappa shape index (κ3) is 4.70. The van der Waals surface area contributed by atoms with Crippen molar-refractivity contribution in [3.63, 3.8) is 0 Å². The first kappa shape index (κ1) is 18.6. The molecule has 0 aliphatic carbocycles. The minimum Gasteiger partial charge on any atom is -0.349 e. The van der Waals surface area contributed by atoms with Gasteiger partial charge >= 0.3 is 0 Å². The highest BCUT2D eigenvalue weighted by Gasteiger charge is 2.25. The summed E-state index contributed by atoms with van der Waals surface area (Å²) >= 11 is 0. The molecule has 1 aliphatic rings. The Labute approximate surface area is 154 Å². The number of sulfonamides is 1. The number of aromatic nitrogens is 2. The lowest BCUT2D eigenvalue weighted by Crippen LogP contribution is -2.35. The second-order valence-electron chi connectivity index (χ2n) is 6.91. The summed E-state index contributed by atoms with van der Waals surface area (Å²) in [7, 11) is -3.21. The minimum absolute atomic E-state index is 0.0445. The van der Waals surface area contributed by atoms with Crippen molar-refractivity contribution in [2.45, 2.75) is 26.4 Å². The van der Waals surface area contributed by atoms with Gasteiger partial charge in [0.1, 0.15) is 0 Å². The molecule has 1 aliphatic heterocycles. The Morgan fingerprint density at radius 3 is 2.88 bits per heavy atom. The molecule has 0 aromatic carbocycles. The van der Waals surface area contributed by atoms with Crippen LogP contribution in [0, 0.1) is 12.8 Å². The predicted octanol–water partition coefficient (Wildman–Crippen LogP) is 1.40. The molecule has 0 spiro atoms. The zero-order valence-corrected chi connectivity index (χ0v) is 15.9. The molecule has 0 saturated carbocycles. The highest BCUT2D eigenvalue weighted by atomic mass is 32.2. The molecule has 2 aromatic rings. The lowest BCUT2D eigenvalue weighted by Gasteiger charge is -2.24. The van der Waals surface area contributed by atoms with E-state index in [-0.39, 0.29) is 11.8 Å². The summed E-state index contributed by atoms with van der Waals surface area (Å²) in [5, 5.41) is 0. The van der Waals surface area contributed by atoms with Gasteiger partial charge in [-0.25, -0.2) is 13.1 Å². The molecule has 1 N–H and O–H groups in total. The highest BCUT2D eigenvalue weighted by molar-refractivity contribution is 7.88. The quantitative estimate of drug-likeness (QED) is 0.855. The second kappa shape index (κ2) is 7.59. The van der Waals surface area contributed by atoms with E-state index >= 15 is 0 Å². The van der Waals surface area contributed by atoms with Crippen LogP contribution in [0.5, 0.6) is 0 Å². The van der Waals surface area contributed by atoms with E-state index in [1.165, 1.54) is 0 Å². The molecule has 7 nitrogen and oxygen atoms in total. The maximum Gasteiger partial charge on any atom is 0.255 e. The number of aryl methyl sites for hydroxylation is 1. The molecule has 8 heteroatoms. The van der Waals surface area contributed by atoms with E-state index in [0.29, 0.717) is 31.6 Å². The molecule has 3 rings (SSSR count). The van der Waals surface area contributed by atoms with Gasteiger partial charge in [-0.05, 0) is 43.0 Å². The zero-order chi connectivity index (χ0) is 18.7. The van der Waals surface area contributed by atoms with Gasteiger partial charge in [-0.2, -0.15) is 0 Å². The minimum atomic E-state index is -3.21. The zero-order valence-electron chi connectivity index (χ0n) is 15.1. The van der Waals surface area contributed by atoms with Crippen LogP contribution in [0.15, 0.2) is 36.8 Å². The van der Waals surface area contributed by atoms with E-state index in [1.54, 1.807) is 12.4 Å². The first-order chi connectivity index (χ1) is 12.3.